The summed E-state index contributed by atoms with van der Waals surface area (Å²) >= 11 is 0. The fourth-order valence-corrected chi connectivity index (χ4v) is 12.4. The Morgan fingerprint density at radius 3 is 1.39 bits per heavy atom. The van der Waals surface area contributed by atoms with Crippen LogP contribution in [0.2, 0.25) is 0 Å². The maximum absolute atomic E-state index is 9.20. The van der Waals surface area contributed by atoms with Gasteiger partial charge in [-0.2, -0.15) is 0 Å². The first-order valence-electron chi connectivity index (χ1n) is 39.3. The number of hydrogen-bond acceptors (Lipinski definition) is 5. The number of nitrogens with zero attached hydrogens (tertiary/aromatic N) is 4. The molecule has 0 unspecified atom stereocenters. The van der Waals surface area contributed by atoms with Crippen molar-refractivity contribution in [3.63, 3.8) is 0 Å². The van der Waals surface area contributed by atoms with Gasteiger partial charge in [0.2, 0.25) is 0 Å². The van der Waals surface area contributed by atoms with E-state index < -0.39 is 78.6 Å². The molecule has 0 saturated heterocycles. The molecule has 0 saturated carbocycles. The number of rotatable bonds is 12. The molecule has 1 aliphatic heterocycles. The van der Waals surface area contributed by atoms with Crippen molar-refractivity contribution in [3.05, 3.63) is 289 Å². The van der Waals surface area contributed by atoms with Crippen LogP contribution >= 0.6 is 0 Å². The molecule has 14 rings (SSSR count). The van der Waals surface area contributed by atoms with Gasteiger partial charge in [-0.15, -0.1) is 0 Å². The summed E-state index contributed by atoms with van der Waals surface area (Å²) in [5, 5.41) is 1.42. The molecule has 0 bridgehead atoms. The van der Waals surface area contributed by atoms with Gasteiger partial charge in [-0.3, -0.25) is 4.57 Å². The second-order valence-corrected chi connectivity index (χ2v) is 28.3. The molecule has 0 fully saturated rings. The Labute approximate surface area is 576 Å². The van der Waals surface area contributed by atoms with Gasteiger partial charge in [0.05, 0.1) is 48.7 Å². The summed E-state index contributed by atoms with van der Waals surface area (Å²) in [6.45, 7) is 26.8. The maximum Gasteiger partial charge on any atom is 0.143 e. The van der Waals surface area contributed by atoms with E-state index in [-0.39, 0.29) is 73.9 Å². The molecule has 13 aromatic rings. The van der Waals surface area contributed by atoms with E-state index in [0.29, 0.717) is 67.9 Å². The van der Waals surface area contributed by atoms with Gasteiger partial charge < -0.3 is 19.3 Å². The number of para-hydroxylation sites is 4. The normalized spacial score (nSPS) is 15.0. The predicted octanol–water partition coefficient (Wildman–Crippen LogP) is 24.5. The van der Waals surface area contributed by atoms with Crippen molar-refractivity contribution in [2.75, 3.05) is 16.5 Å². The van der Waals surface area contributed by atoms with E-state index in [9.17, 15) is 5.48 Å². The highest BCUT2D eigenvalue weighted by molar-refractivity contribution is 6.11. The molecule has 6 heteroatoms. The van der Waals surface area contributed by atoms with Crippen molar-refractivity contribution in [2.24, 2.45) is 0 Å². The predicted molar refractivity (Wildman–Crippen MR) is 396 cm³/mol. The van der Waals surface area contributed by atoms with Gasteiger partial charge in [0.1, 0.15) is 35.5 Å². The first-order chi connectivity index (χ1) is 51.3. The third-order valence-electron chi connectivity index (χ3n) is 17.6. The zero-order chi connectivity index (χ0) is 78.3. The minimum Gasteiger partial charge on any atom is -0.457 e. The summed E-state index contributed by atoms with van der Waals surface area (Å²) in [6.07, 6.45) is 1.72. The van der Waals surface area contributed by atoms with E-state index in [0.717, 1.165) is 27.6 Å². The summed E-state index contributed by atoms with van der Waals surface area (Å²) in [5.41, 5.74) is 11.8. The van der Waals surface area contributed by atoms with Crippen molar-refractivity contribution in [1.82, 2.24) is 9.55 Å². The van der Waals surface area contributed by atoms with Crippen LogP contribution in [-0.4, -0.2) is 16.2 Å². The lowest BCUT2D eigenvalue weighted by Crippen LogP contribution is -2.24. The topological polar surface area (TPSA) is 42.8 Å². The van der Waals surface area contributed by atoms with Gasteiger partial charge in [-0.05, 0) is 132 Å². The summed E-state index contributed by atoms with van der Waals surface area (Å²) in [7, 11) is 0. The Morgan fingerprint density at radius 2 is 0.851 bits per heavy atom. The van der Waals surface area contributed by atoms with Gasteiger partial charge >= 0.3 is 0 Å². The highest BCUT2D eigenvalue weighted by Gasteiger charge is 2.32. The molecule has 94 heavy (non-hydrogen) atoms. The fraction of sp³-hybridized carbons (Fsp3) is 0.193. The Balaban J connectivity index is 0.912. The smallest absolute Gasteiger partial charge is 0.143 e. The highest BCUT2D eigenvalue weighted by Crippen LogP contribution is 2.52. The molecule has 6 nitrogen and oxygen atoms in total. The molecular weight excluding hydrogens is 1140 g/mol. The Hall–Kier alpha value is -10.4. The molecule has 1 aliphatic rings. The number of anilines is 4. The lowest BCUT2D eigenvalue weighted by Gasteiger charge is -2.28. The van der Waals surface area contributed by atoms with Crippen LogP contribution in [0.4, 0.5) is 22.7 Å². The van der Waals surface area contributed by atoms with Gasteiger partial charge in [0, 0.05) is 63.1 Å². The molecule has 0 atom stereocenters. The quantitative estimate of drug-likeness (QED) is 0.122. The van der Waals surface area contributed by atoms with Crippen LogP contribution in [0.5, 0.6) is 23.0 Å². The van der Waals surface area contributed by atoms with Crippen molar-refractivity contribution >= 4 is 44.6 Å². The molecule has 2 aromatic heterocycles. The van der Waals surface area contributed by atoms with Crippen LogP contribution in [-0.2, 0) is 21.7 Å². The molecule has 0 spiro atoms. The lowest BCUT2D eigenvalue weighted by molar-refractivity contribution is 0.483. The second kappa shape index (κ2) is 23.9. The average Bonchev–Trinajstić information content (AvgIpc) is 1.66. The summed E-state index contributed by atoms with van der Waals surface area (Å²) in [5.74, 6) is 2.46. The highest BCUT2D eigenvalue weighted by atomic mass is 16.5. The molecular formula is C88H82N4O2. The molecule has 466 valence electrons. The zero-order valence-electron chi connectivity index (χ0n) is 70.1. The van der Waals surface area contributed by atoms with Crippen molar-refractivity contribution < 1.29 is 30.0 Å². The Morgan fingerprint density at radius 1 is 0.362 bits per heavy atom. The van der Waals surface area contributed by atoms with Crippen LogP contribution in [0.1, 0.15) is 126 Å². The summed E-state index contributed by atoms with van der Waals surface area (Å²) in [4.78, 5) is 8.96. The SMILES string of the molecule is [2H]c1c([2H])c([2H])c(-c2ccc3c(c2)c2ccc(Oc4cccc(N5CN(c6c(-c7c([2H])c([2H])c([2H])c([2H])c7[2H])cccc6-c6c([2H])c([2H])c([2H])c([2H])c6[2H])c6ccccc65)c4)cc2n3-c2cc(Oc3c(-c4cc(C(C)(C)C)cc(C(C)(C)C)c4)cccc3-c3cc(C(C)(C)C)cc(C(C)(C)C)c3)ccn2)c([2H])c1[2H]. The van der Waals surface area contributed by atoms with Crippen molar-refractivity contribution in [3.8, 4) is 84.5 Å². The number of hydrogen-bond donors (Lipinski definition) is 0. The number of fused-ring (bicyclic) bond motifs is 4. The minimum atomic E-state index is -0.588. The molecule has 0 amide bonds. The largest absolute Gasteiger partial charge is 0.457 e. The maximum atomic E-state index is 9.20. The van der Waals surface area contributed by atoms with Gasteiger partial charge in [0.25, 0.3) is 0 Å². The van der Waals surface area contributed by atoms with Crippen LogP contribution in [0.3, 0.4) is 0 Å². The summed E-state index contributed by atoms with van der Waals surface area (Å²) < 4.78 is 149. The molecule has 11 aromatic carbocycles. The van der Waals surface area contributed by atoms with Crippen LogP contribution < -0.4 is 19.3 Å². The van der Waals surface area contributed by atoms with E-state index in [1.807, 2.05) is 105 Å². The zero-order valence-corrected chi connectivity index (χ0v) is 55.1. The van der Waals surface area contributed by atoms with Crippen LogP contribution in [0.15, 0.2) is 267 Å². The third-order valence-corrected chi connectivity index (χ3v) is 17.6. The van der Waals surface area contributed by atoms with Crippen molar-refractivity contribution in [2.45, 2.75) is 105 Å². The Kier molecular flexibility index (Phi) is 11.6. The Bertz CT molecular complexity index is 5610. The number of ether oxygens (including phenoxy) is 2. The standard InChI is InChI=1S/C88H82N4O2/c1-85(2,3)64-47-62(48-65(52-64)86(4,5)6)74-37-26-38-75(63-49-66(87(7,8)9)53-67(50-63)88(10,11)12)84(74)94-71-45-46-89-82(56-71)92-78-44-41-61(58-27-16-13-17-28-58)51-77(78)76-43-42-70(55-81(76)92)93-69-34-24-33-68(54-69)90-57-91(80-40-23-22-39-79(80)90)83-72(59-29-18-14-19-30-59)35-25-36-73(83)60-31-20-15-21-32-60/h13-56H,57H2,1-12H3/i13D,14D,15D,16D,17D,18D,19D,20D,21D,27D,28D,29D,30D,31D,32D. The molecule has 3 heterocycles. The van der Waals surface area contributed by atoms with E-state index in [1.165, 1.54) is 22.3 Å². The van der Waals surface area contributed by atoms with E-state index in [1.54, 1.807) is 30.5 Å². The summed E-state index contributed by atoms with van der Waals surface area (Å²) in [6, 6.07) is 47.3. The van der Waals surface area contributed by atoms with Crippen LogP contribution in [0.25, 0.3) is 83.3 Å². The minimum absolute atomic E-state index is 0.0226. The van der Waals surface area contributed by atoms with Crippen molar-refractivity contribution in [1.29, 1.82) is 0 Å². The monoisotopic (exact) mass is 1240 g/mol. The molecule has 0 N–H and O–H groups in total. The van der Waals surface area contributed by atoms with E-state index >= 15 is 0 Å². The fourth-order valence-electron chi connectivity index (χ4n) is 12.4. The third kappa shape index (κ3) is 11.9. The molecule has 0 radical (unpaired) electrons. The first-order valence-corrected chi connectivity index (χ1v) is 31.8. The molecule has 0 aliphatic carbocycles. The van der Waals surface area contributed by atoms with Gasteiger partial charge in [-0.25, -0.2) is 4.98 Å². The van der Waals surface area contributed by atoms with E-state index in [2.05, 4.69) is 138 Å². The van der Waals surface area contributed by atoms with Crippen LogP contribution in [0, 0.1) is 0 Å². The number of benzene rings is 11. The average molecular weight is 1240 g/mol. The first kappa shape index (κ1) is 45.8. The number of aromatic nitrogens is 2. The van der Waals surface area contributed by atoms with Gasteiger partial charge in [-0.1, -0.05) is 271 Å². The lowest BCUT2D eigenvalue weighted by atomic mass is 9.78. The van der Waals surface area contributed by atoms with Gasteiger partial charge in [0.15, 0.2) is 0 Å². The second-order valence-electron chi connectivity index (χ2n) is 28.3. The van der Waals surface area contributed by atoms with E-state index in [4.69, 9.17) is 29.5 Å². The number of pyridine rings is 1.